The van der Waals surface area contributed by atoms with Crippen LogP contribution in [-0.2, 0) is 0 Å². The summed E-state index contributed by atoms with van der Waals surface area (Å²) >= 11 is 1.46. The molecule has 0 unspecified atom stereocenters. The molecule has 0 saturated carbocycles. The first-order valence-corrected chi connectivity index (χ1v) is 10.7. The SMILES string of the molecule is Cc1c(-c2ccccc2)sc(NC(=O)c2ccncc2)c1C(=O)N1CCCCC1. The van der Waals surface area contributed by atoms with Crippen molar-refractivity contribution in [3.05, 3.63) is 71.5 Å². The third-order valence-electron chi connectivity index (χ3n) is 5.21. The monoisotopic (exact) mass is 405 g/mol. The number of carbonyl (C=O) groups is 2. The van der Waals surface area contributed by atoms with E-state index in [0.29, 0.717) is 16.1 Å². The van der Waals surface area contributed by atoms with Crippen LogP contribution in [0.15, 0.2) is 54.9 Å². The van der Waals surface area contributed by atoms with Crippen LogP contribution in [0.5, 0.6) is 0 Å². The highest BCUT2D eigenvalue weighted by Gasteiger charge is 2.27. The van der Waals surface area contributed by atoms with Gasteiger partial charge >= 0.3 is 0 Å². The smallest absolute Gasteiger partial charge is 0.257 e. The average Bonchev–Trinajstić information content (AvgIpc) is 3.10. The number of benzene rings is 1. The van der Waals surface area contributed by atoms with Crippen molar-refractivity contribution in [3.63, 3.8) is 0 Å². The van der Waals surface area contributed by atoms with Gasteiger partial charge in [-0.25, -0.2) is 0 Å². The van der Waals surface area contributed by atoms with E-state index in [1.165, 1.54) is 11.3 Å². The molecule has 29 heavy (non-hydrogen) atoms. The molecule has 1 aliphatic heterocycles. The first kappa shape index (κ1) is 19.3. The maximum atomic E-state index is 13.4. The van der Waals surface area contributed by atoms with Gasteiger partial charge in [-0.2, -0.15) is 0 Å². The highest BCUT2D eigenvalue weighted by atomic mass is 32.1. The molecule has 2 amide bonds. The number of thiophene rings is 1. The van der Waals surface area contributed by atoms with E-state index in [0.717, 1.165) is 48.4 Å². The van der Waals surface area contributed by atoms with Gasteiger partial charge in [-0.15, -0.1) is 11.3 Å². The van der Waals surface area contributed by atoms with Crippen LogP contribution in [0.25, 0.3) is 10.4 Å². The van der Waals surface area contributed by atoms with Crippen LogP contribution in [0, 0.1) is 6.92 Å². The minimum Gasteiger partial charge on any atom is -0.339 e. The van der Waals surface area contributed by atoms with Crippen molar-refractivity contribution in [3.8, 4) is 10.4 Å². The number of nitrogens with zero attached hydrogens (tertiary/aromatic N) is 2. The number of nitrogens with one attached hydrogen (secondary N) is 1. The van der Waals surface area contributed by atoms with Gasteiger partial charge < -0.3 is 10.2 Å². The Hall–Kier alpha value is -2.99. The molecule has 0 aliphatic carbocycles. The Morgan fingerprint density at radius 2 is 1.69 bits per heavy atom. The summed E-state index contributed by atoms with van der Waals surface area (Å²) in [6, 6.07) is 13.3. The third kappa shape index (κ3) is 4.07. The van der Waals surface area contributed by atoms with Crippen molar-refractivity contribution in [1.29, 1.82) is 0 Å². The molecule has 1 aromatic carbocycles. The van der Waals surface area contributed by atoms with Crippen molar-refractivity contribution in [1.82, 2.24) is 9.88 Å². The number of piperidine rings is 1. The van der Waals surface area contributed by atoms with E-state index in [1.807, 2.05) is 42.2 Å². The number of carbonyl (C=O) groups excluding carboxylic acids is 2. The summed E-state index contributed by atoms with van der Waals surface area (Å²) in [6.45, 7) is 3.51. The van der Waals surface area contributed by atoms with E-state index in [4.69, 9.17) is 0 Å². The lowest BCUT2D eigenvalue weighted by Gasteiger charge is -2.27. The molecule has 1 N–H and O–H groups in total. The quantitative estimate of drug-likeness (QED) is 0.665. The van der Waals surface area contributed by atoms with Crippen LogP contribution in [-0.4, -0.2) is 34.8 Å². The lowest BCUT2D eigenvalue weighted by molar-refractivity contribution is 0.0725. The number of likely N-dealkylation sites (tertiary alicyclic amines) is 1. The zero-order chi connectivity index (χ0) is 20.2. The molecule has 0 radical (unpaired) electrons. The molecule has 1 aliphatic rings. The molecule has 3 aromatic rings. The van der Waals surface area contributed by atoms with Crippen LogP contribution >= 0.6 is 11.3 Å². The first-order chi connectivity index (χ1) is 14.1. The molecule has 1 fully saturated rings. The number of hydrogen-bond acceptors (Lipinski definition) is 4. The fourth-order valence-electron chi connectivity index (χ4n) is 3.66. The Labute approximate surface area is 174 Å². The average molecular weight is 406 g/mol. The molecule has 6 heteroatoms. The molecule has 5 nitrogen and oxygen atoms in total. The molecule has 0 bridgehead atoms. The van der Waals surface area contributed by atoms with Crippen molar-refractivity contribution < 1.29 is 9.59 Å². The number of anilines is 1. The number of pyridine rings is 1. The minimum atomic E-state index is -0.235. The first-order valence-electron chi connectivity index (χ1n) is 9.84. The summed E-state index contributed by atoms with van der Waals surface area (Å²) in [4.78, 5) is 33.0. The Morgan fingerprint density at radius 1 is 1.00 bits per heavy atom. The summed E-state index contributed by atoms with van der Waals surface area (Å²) in [7, 11) is 0. The van der Waals surface area contributed by atoms with E-state index >= 15 is 0 Å². The fraction of sp³-hybridized carbons (Fsp3) is 0.261. The number of hydrogen-bond donors (Lipinski definition) is 1. The fourth-order valence-corrected chi connectivity index (χ4v) is 4.86. The Kier molecular flexibility index (Phi) is 5.71. The topological polar surface area (TPSA) is 62.3 Å². The van der Waals surface area contributed by atoms with Crippen LogP contribution in [0.1, 0.15) is 45.5 Å². The second-order valence-corrected chi connectivity index (χ2v) is 8.19. The molecule has 148 valence electrons. The molecule has 0 atom stereocenters. The number of aromatic nitrogens is 1. The van der Waals surface area contributed by atoms with Crippen LogP contribution < -0.4 is 5.32 Å². The van der Waals surface area contributed by atoms with E-state index in [-0.39, 0.29) is 11.8 Å². The standard InChI is InChI=1S/C23H23N3O2S/c1-16-19(23(28)26-14-6-3-7-15-26)22(25-21(27)18-10-12-24-13-11-18)29-20(16)17-8-4-2-5-9-17/h2,4-5,8-13H,3,6-7,14-15H2,1H3,(H,25,27). The molecule has 0 spiro atoms. The maximum Gasteiger partial charge on any atom is 0.257 e. The number of rotatable bonds is 4. The minimum absolute atomic E-state index is 0.00524. The van der Waals surface area contributed by atoms with E-state index in [1.54, 1.807) is 24.5 Å². The maximum absolute atomic E-state index is 13.4. The predicted octanol–water partition coefficient (Wildman–Crippen LogP) is 5.00. The van der Waals surface area contributed by atoms with E-state index in [2.05, 4.69) is 10.3 Å². The van der Waals surface area contributed by atoms with Gasteiger partial charge in [0.1, 0.15) is 5.00 Å². The van der Waals surface area contributed by atoms with Crippen molar-refractivity contribution >= 4 is 28.2 Å². The largest absolute Gasteiger partial charge is 0.339 e. The van der Waals surface area contributed by atoms with Gasteiger partial charge in [-0.05, 0) is 49.4 Å². The van der Waals surface area contributed by atoms with Crippen LogP contribution in [0.4, 0.5) is 5.00 Å². The summed E-state index contributed by atoms with van der Waals surface area (Å²) in [5.41, 5.74) is 3.09. The highest BCUT2D eigenvalue weighted by molar-refractivity contribution is 7.20. The van der Waals surface area contributed by atoms with Crippen molar-refractivity contribution in [2.45, 2.75) is 26.2 Å². The van der Waals surface area contributed by atoms with Gasteiger partial charge in [0.2, 0.25) is 0 Å². The molecule has 1 saturated heterocycles. The summed E-state index contributed by atoms with van der Waals surface area (Å²) in [5, 5.41) is 3.59. The van der Waals surface area contributed by atoms with Gasteiger partial charge in [0.25, 0.3) is 11.8 Å². The summed E-state index contributed by atoms with van der Waals surface area (Å²) in [6.07, 6.45) is 6.39. The molecule has 4 rings (SSSR count). The highest BCUT2D eigenvalue weighted by Crippen LogP contribution is 2.41. The Balaban J connectivity index is 1.73. The summed E-state index contributed by atoms with van der Waals surface area (Å²) < 4.78 is 0. The second kappa shape index (κ2) is 8.57. The Morgan fingerprint density at radius 3 is 2.38 bits per heavy atom. The lowest BCUT2D eigenvalue weighted by atomic mass is 10.0. The van der Waals surface area contributed by atoms with Crippen LogP contribution in [0.2, 0.25) is 0 Å². The summed E-state index contributed by atoms with van der Waals surface area (Å²) in [5.74, 6) is -0.230. The zero-order valence-electron chi connectivity index (χ0n) is 16.4. The molecular weight excluding hydrogens is 382 g/mol. The van der Waals surface area contributed by atoms with Gasteiger partial charge in [0.05, 0.1) is 5.56 Å². The lowest BCUT2D eigenvalue weighted by Crippen LogP contribution is -2.36. The zero-order valence-corrected chi connectivity index (χ0v) is 17.2. The third-order valence-corrected chi connectivity index (χ3v) is 6.47. The van der Waals surface area contributed by atoms with Gasteiger partial charge in [-0.3, -0.25) is 14.6 Å². The van der Waals surface area contributed by atoms with E-state index < -0.39 is 0 Å². The van der Waals surface area contributed by atoms with Crippen molar-refractivity contribution in [2.24, 2.45) is 0 Å². The van der Waals surface area contributed by atoms with E-state index in [9.17, 15) is 9.59 Å². The van der Waals surface area contributed by atoms with Crippen molar-refractivity contribution in [2.75, 3.05) is 18.4 Å². The van der Waals surface area contributed by atoms with Crippen LogP contribution in [0.3, 0.4) is 0 Å². The van der Waals surface area contributed by atoms with Gasteiger partial charge in [0.15, 0.2) is 0 Å². The molecule has 2 aromatic heterocycles. The second-order valence-electron chi connectivity index (χ2n) is 7.17. The van der Waals surface area contributed by atoms with Gasteiger partial charge in [-0.1, -0.05) is 30.3 Å². The normalized spacial score (nSPS) is 13.9. The molecule has 3 heterocycles. The number of amides is 2. The molecular formula is C23H23N3O2S. The predicted molar refractivity (Wildman–Crippen MR) is 116 cm³/mol. The van der Waals surface area contributed by atoms with Gasteiger partial charge in [0, 0.05) is 35.9 Å². The Bertz CT molecular complexity index is 1010.